The Morgan fingerprint density at radius 2 is 2.37 bits per heavy atom. The van der Waals surface area contributed by atoms with Crippen molar-refractivity contribution in [3.63, 3.8) is 0 Å². The summed E-state index contributed by atoms with van der Waals surface area (Å²) in [5.41, 5.74) is 6.45. The van der Waals surface area contributed by atoms with Crippen LogP contribution in [0.3, 0.4) is 0 Å². The summed E-state index contributed by atoms with van der Waals surface area (Å²) in [6, 6.07) is 3.57. The van der Waals surface area contributed by atoms with Gasteiger partial charge >= 0.3 is 0 Å². The van der Waals surface area contributed by atoms with Crippen molar-refractivity contribution in [1.82, 2.24) is 15.1 Å². The molecular weight excluding hydrogens is 264 g/mol. The molecule has 2 aromatic heterocycles. The molecular formula is C13H15ClN4O. The summed E-state index contributed by atoms with van der Waals surface area (Å²) in [5.74, 6) is 0.996. The topological polar surface area (TPSA) is 77.8 Å². The van der Waals surface area contributed by atoms with Gasteiger partial charge in [0.1, 0.15) is 5.69 Å². The van der Waals surface area contributed by atoms with E-state index in [2.05, 4.69) is 22.0 Å². The van der Waals surface area contributed by atoms with E-state index in [9.17, 15) is 0 Å². The Morgan fingerprint density at radius 3 is 3.05 bits per heavy atom. The fourth-order valence-electron chi connectivity index (χ4n) is 2.56. The van der Waals surface area contributed by atoms with Crippen LogP contribution >= 0.6 is 11.6 Å². The maximum atomic E-state index is 6.15. The SMILES string of the molecule is CC1(c2nc(-c3ncccc3Cl)no2)CCCC1N. The number of nitrogens with two attached hydrogens (primary N) is 1. The third-order valence-electron chi connectivity index (χ3n) is 3.91. The highest BCUT2D eigenvalue weighted by atomic mass is 35.5. The van der Waals surface area contributed by atoms with Gasteiger partial charge in [0.25, 0.3) is 0 Å². The average Bonchev–Trinajstić information content (AvgIpc) is 2.99. The van der Waals surface area contributed by atoms with Crippen molar-refractivity contribution in [2.75, 3.05) is 0 Å². The summed E-state index contributed by atoms with van der Waals surface area (Å²) in [5, 5.41) is 4.49. The van der Waals surface area contributed by atoms with Crippen molar-refractivity contribution >= 4 is 11.6 Å². The van der Waals surface area contributed by atoms with E-state index in [0.717, 1.165) is 19.3 Å². The molecule has 3 rings (SSSR count). The van der Waals surface area contributed by atoms with E-state index >= 15 is 0 Å². The van der Waals surface area contributed by atoms with Crippen LogP contribution in [0, 0.1) is 0 Å². The fraction of sp³-hybridized carbons (Fsp3) is 0.462. The molecule has 0 spiro atoms. The van der Waals surface area contributed by atoms with Gasteiger partial charge in [0.2, 0.25) is 11.7 Å². The number of halogens is 1. The lowest BCUT2D eigenvalue weighted by Crippen LogP contribution is -2.38. The molecule has 2 N–H and O–H groups in total. The number of pyridine rings is 1. The first-order valence-corrected chi connectivity index (χ1v) is 6.70. The molecule has 2 aromatic rings. The van der Waals surface area contributed by atoms with E-state index in [1.807, 2.05) is 0 Å². The normalized spacial score (nSPS) is 26.8. The highest BCUT2D eigenvalue weighted by Gasteiger charge is 2.42. The fourth-order valence-corrected chi connectivity index (χ4v) is 2.77. The number of rotatable bonds is 2. The van der Waals surface area contributed by atoms with Crippen LogP contribution < -0.4 is 5.73 Å². The minimum absolute atomic E-state index is 0.0556. The van der Waals surface area contributed by atoms with Gasteiger partial charge in [0.05, 0.1) is 10.4 Å². The quantitative estimate of drug-likeness (QED) is 0.913. The molecule has 0 radical (unpaired) electrons. The zero-order valence-electron chi connectivity index (χ0n) is 10.6. The highest BCUT2D eigenvalue weighted by molar-refractivity contribution is 6.32. The van der Waals surface area contributed by atoms with Crippen LogP contribution in [0.15, 0.2) is 22.9 Å². The molecule has 0 saturated heterocycles. The van der Waals surface area contributed by atoms with Crippen LogP contribution in [0.1, 0.15) is 32.1 Å². The Hall–Kier alpha value is -1.46. The van der Waals surface area contributed by atoms with Crippen LogP contribution in [0.5, 0.6) is 0 Å². The van der Waals surface area contributed by atoms with Gasteiger partial charge in [-0.2, -0.15) is 4.98 Å². The van der Waals surface area contributed by atoms with Gasteiger partial charge in [-0.05, 0) is 31.9 Å². The Labute approximate surface area is 116 Å². The minimum Gasteiger partial charge on any atom is -0.338 e. The Morgan fingerprint density at radius 1 is 1.53 bits per heavy atom. The van der Waals surface area contributed by atoms with Gasteiger partial charge in [-0.1, -0.05) is 23.2 Å². The maximum absolute atomic E-state index is 6.15. The first-order valence-electron chi connectivity index (χ1n) is 6.32. The lowest BCUT2D eigenvalue weighted by molar-refractivity contribution is 0.278. The predicted molar refractivity (Wildman–Crippen MR) is 71.7 cm³/mol. The Bertz CT molecular complexity index is 600. The minimum atomic E-state index is -0.244. The van der Waals surface area contributed by atoms with Gasteiger partial charge in [-0.25, -0.2) is 0 Å². The maximum Gasteiger partial charge on any atom is 0.234 e. The first-order chi connectivity index (χ1) is 9.11. The molecule has 0 amide bonds. The van der Waals surface area contributed by atoms with E-state index < -0.39 is 0 Å². The van der Waals surface area contributed by atoms with Gasteiger partial charge in [0, 0.05) is 12.2 Å². The molecule has 19 heavy (non-hydrogen) atoms. The van der Waals surface area contributed by atoms with Crippen LogP contribution in [0.4, 0.5) is 0 Å². The van der Waals surface area contributed by atoms with Crippen LogP contribution in [0.25, 0.3) is 11.5 Å². The highest BCUT2D eigenvalue weighted by Crippen LogP contribution is 2.39. The van der Waals surface area contributed by atoms with Gasteiger partial charge in [-0.3, -0.25) is 4.98 Å². The van der Waals surface area contributed by atoms with Crippen LogP contribution in [-0.2, 0) is 5.41 Å². The number of hydrogen-bond acceptors (Lipinski definition) is 5. The summed E-state index contributed by atoms with van der Waals surface area (Å²) in [6.45, 7) is 2.07. The summed E-state index contributed by atoms with van der Waals surface area (Å²) < 4.78 is 5.39. The Kier molecular flexibility index (Phi) is 3.03. The van der Waals surface area contributed by atoms with Gasteiger partial charge in [-0.15, -0.1) is 0 Å². The molecule has 2 unspecified atom stereocenters. The zero-order chi connectivity index (χ0) is 13.5. The van der Waals surface area contributed by atoms with Crippen molar-refractivity contribution in [2.45, 2.75) is 37.6 Å². The smallest absolute Gasteiger partial charge is 0.234 e. The summed E-state index contributed by atoms with van der Waals surface area (Å²) in [6.07, 6.45) is 4.68. The second kappa shape index (κ2) is 4.58. The molecule has 0 aromatic carbocycles. The molecule has 1 fully saturated rings. The van der Waals surface area contributed by atoms with E-state index in [0.29, 0.717) is 22.4 Å². The van der Waals surface area contributed by atoms with Crippen molar-refractivity contribution in [3.05, 3.63) is 29.2 Å². The van der Waals surface area contributed by atoms with Crippen molar-refractivity contribution in [2.24, 2.45) is 5.73 Å². The second-order valence-electron chi connectivity index (χ2n) is 5.17. The molecule has 2 heterocycles. The van der Waals surface area contributed by atoms with E-state index in [-0.39, 0.29) is 11.5 Å². The molecule has 0 bridgehead atoms. The molecule has 1 aliphatic rings. The van der Waals surface area contributed by atoms with Crippen molar-refractivity contribution in [3.8, 4) is 11.5 Å². The number of aromatic nitrogens is 3. The molecule has 1 aliphatic carbocycles. The van der Waals surface area contributed by atoms with Crippen molar-refractivity contribution in [1.29, 1.82) is 0 Å². The number of nitrogens with zero attached hydrogens (tertiary/aromatic N) is 3. The average molecular weight is 279 g/mol. The lowest BCUT2D eigenvalue weighted by Gasteiger charge is -2.23. The Balaban J connectivity index is 1.98. The van der Waals surface area contributed by atoms with E-state index in [1.165, 1.54) is 0 Å². The zero-order valence-corrected chi connectivity index (χ0v) is 11.4. The molecule has 6 heteroatoms. The largest absolute Gasteiger partial charge is 0.338 e. The summed E-state index contributed by atoms with van der Waals surface area (Å²) in [4.78, 5) is 8.62. The van der Waals surface area contributed by atoms with Gasteiger partial charge < -0.3 is 10.3 Å². The third-order valence-corrected chi connectivity index (χ3v) is 4.22. The second-order valence-corrected chi connectivity index (χ2v) is 5.58. The van der Waals surface area contributed by atoms with Crippen molar-refractivity contribution < 1.29 is 4.52 Å². The predicted octanol–water partition coefficient (Wildman–Crippen LogP) is 2.55. The third kappa shape index (κ3) is 2.03. The first kappa shape index (κ1) is 12.6. The molecule has 5 nitrogen and oxygen atoms in total. The number of hydrogen-bond donors (Lipinski definition) is 1. The monoisotopic (exact) mass is 278 g/mol. The molecule has 2 atom stereocenters. The van der Waals surface area contributed by atoms with E-state index in [4.69, 9.17) is 21.9 Å². The standard InChI is InChI=1S/C13H15ClN4O/c1-13(6-2-5-9(13)15)12-17-11(18-19-12)10-8(14)4-3-7-16-10/h3-4,7,9H,2,5-6,15H2,1H3. The summed E-state index contributed by atoms with van der Waals surface area (Å²) >= 11 is 6.08. The molecule has 100 valence electrons. The lowest BCUT2D eigenvalue weighted by atomic mass is 9.85. The van der Waals surface area contributed by atoms with E-state index in [1.54, 1.807) is 18.3 Å². The van der Waals surface area contributed by atoms with Gasteiger partial charge in [0.15, 0.2) is 0 Å². The molecule has 1 saturated carbocycles. The van der Waals surface area contributed by atoms with Crippen LogP contribution in [-0.4, -0.2) is 21.2 Å². The molecule has 0 aliphatic heterocycles. The summed E-state index contributed by atoms with van der Waals surface area (Å²) in [7, 11) is 0. The van der Waals surface area contributed by atoms with Crippen LogP contribution in [0.2, 0.25) is 5.02 Å².